The summed E-state index contributed by atoms with van der Waals surface area (Å²) < 4.78 is 0. The molecule has 0 aliphatic rings. The van der Waals surface area contributed by atoms with Crippen molar-refractivity contribution >= 4 is 26.1 Å². The van der Waals surface area contributed by atoms with Crippen LogP contribution in [0.1, 0.15) is 11.1 Å². The summed E-state index contributed by atoms with van der Waals surface area (Å²) in [6.45, 7) is 4.71. The molecule has 0 aromatic heterocycles. The predicted molar refractivity (Wildman–Crippen MR) is 80.3 cm³/mol. The molecule has 0 amide bonds. The Kier molecular flexibility index (Phi) is 3.94. The summed E-state index contributed by atoms with van der Waals surface area (Å²) in [6, 6.07) is 19.4. The topological polar surface area (TPSA) is 0 Å². The van der Waals surface area contributed by atoms with Crippen LogP contribution in [0.5, 0.6) is 0 Å². The molecule has 0 bridgehead atoms. The molecule has 2 aromatic rings. The highest BCUT2D eigenvalue weighted by Crippen LogP contribution is 2.07. The van der Waals surface area contributed by atoms with Gasteiger partial charge in [-0.05, 0) is 11.1 Å². The largest absolute Gasteiger partial charge is 0.0682 e. The molecule has 0 atom stereocenters. The van der Waals surface area contributed by atoms with Crippen molar-refractivity contribution in [3.63, 3.8) is 0 Å². The van der Waals surface area contributed by atoms with E-state index in [4.69, 9.17) is 0 Å². The van der Waals surface area contributed by atoms with Crippen molar-refractivity contribution in [3.05, 3.63) is 65.7 Å². The van der Waals surface area contributed by atoms with Crippen LogP contribution in [0.3, 0.4) is 0 Å². The van der Waals surface area contributed by atoms with Crippen molar-refractivity contribution in [3.8, 4) is 0 Å². The smallest absolute Gasteiger partial charge is 0.0647 e. The minimum absolute atomic E-state index is 0.653. The van der Waals surface area contributed by atoms with E-state index in [9.17, 15) is 0 Å². The van der Waals surface area contributed by atoms with Gasteiger partial charge in [-0.15, -0.1) is 0 Å². The maximum atomic E-state index is 2.36. The maximum Gasteiger partial charge on any atom is 0.0647 e. The van der Waals surface area contributed by atoms with E-state index in [1.54, 1.807) is 0 Å². The van der Waals surface area contributed by atoms with Gasteiger partial charge in [-0.25, -0.2) is 0 Å². The average molecular weight is 238 g/mol. The number of rotatable bonds is 3. The van der Waals surface area contributed by atoms with Crippen molar-refractivity contribution in [1.82, 2.24) is 0 Å². The highest BCUT2D eigenvalue weighted by Gasteiger charge is 1.98. The van der Waals surface area contributed by atoms with E-state index in [2.05, 4.69) is 73.8 Å². The summed E-state index contributed by atoms with van der Waals surface area (Å²) in [7, 11) is -0.653. The summed E-state index contributed by atoms with van der Waals surface area (Å²) >= 11 is 0. The first-order chi connectivity index (χ1) is 8.25. The zero-order valence-electron chi connectivity index (χ0n) is 10.4. The maximum absolute atomic E-state index is 2.36. The van der Waals surface area contributed by atoms with Gasteiger partial charge in [0.15, 0.2) is 0 Å². The number of benzene rings is 2. The van der Waals surface area contributed by atoms with Crippen LogP contribution in [-0.4, -0.2) is 8.80 Å². The fourth-order valence-corrected chi connectivity index (χ4v) is 2.71. The minimum Gasteiger partial charge on any atom is -0.0682 e. The molecule has 0 spiro atoms. The molecule has 0 saturated heterocycles. The SMILES string of the molecule is C[SiH](C)c1ccc(C=Cc2ccccc2)cc1. The molecule has 0 aliphatic heterocycles. The Bertz CT molecular complexity index is 481. The normalized spacial score (nSPS) is 11.2. The van der Waals surface area contributed by atoms with Gasteiger partial charge >= 0.3 is 0 Å². The summed E-state index contributed by atoms with van der Waals surface area (Å²) in [4.78, 5) is 0. The second-order valence-corrected chi connectivity index (χ2v) is 7.54. The second-order valence-electron chi connectivity index (χ2n) is 4.57. The average Bonchev–Trinajstić information content (AvgIpc) is 2.38. The number of hydrogen-bond acceptors (Lipinski definition) is 0. The Hall–Kier alpha value is -1.60. The van der Waals surface area contributed by atoms with Crippen LogP contribution in [0.4, 0.5) is 0 Å². The molecule has 0 aliphatic carbocycles. The van der Waals surface area contributed by atoms with Crippen LogP contribution < -0.4 is 5.19 Å². The summed E-state index contributed by atoms with van der Waals surface area (Å²) in [5, 5.41) is 1.53. The molecule has 2 rings (SSSR count). The summed E-state index contributed by atoms with van der Waals surface area (Å²) in [6.07, 6.45) is 4.32. The van der Waals surface area contributed by atoms with Crippen molar-refractivity contribution in [2.24, 2.45) is 0 Å². The second kappa shape index (κ2) is 5.64. The molecule has 0 heterocycles. The fraction of sp³-hybridized carbons (Fsp3) is 0.125. The Labute approximate surface area is 105 Å². The molecule has 0 fully saturated rings. The number of hydrogen-bond donors (Lipinski definition) is 0. The molecule has 0 saturated carbocycles. The van der Waals surface area contributed by atoms with Crippen LogP contribution in [0.15, 0.2) is 54.6 Å². The van der Waals surface area contributed by atoms with E-state index in [-0.39, 0.29) is 0 Å². The lowest BCUT2D eigenvalue weighted by molar-refractivity contribution is 1.65. The predicted octanol–water partition coefficient (Wildman–Crippen LogP) is 3.55. The first kappa shape index (κ1) is 11.9. The lowest BCUT2D eigenvalue weighted by atomic mass is 10.1. The van der Waals surface area contributed by atoms with Gasteiger partial charge in [-0.3, -0.25) is 0 Å². The fourth-order valence-electron chi connectivity index (χ4n) is 1.75. The third-order valence-corrected chi connectivity index (χ3v) is 4.59. The molecule has 0 N–H and O–H groups in total. The third-order valence-electron chi connectivity index (χ3n) is 2.87. The molecule has 17 heavy (non-hydrogen) atoms. The van der Waals surface area contributed by atoms with Gasteiger partial charge in [0.2, 0.25) is 0 Å². The molecule has 0 unspecified atom stereocenters. The third kappa shape index (κ3) is 3.43. The zero-order chi connectivity index (χ0) is 12.1. The van der Waals surface area contributed by atoms with Crippen molar-refractivity contribution in [1.29, 1.82) is 0 Å². The van der Waals surface area contributed by atoms with E-state index < -0.39 is 8.80 Å². The standard InChI is InChI=1S/C16H18Si/c1-17(2)16-12-10-15(11-13-16)9-8-14-6-4-3-5-7-14/h3-13,17H,1-2H3. The monoisotopic (exact) mass is 238 g/mol. The molecule has 0 nitrogen and oxygen atoms in total. The van der Waals surface area contributed by atoms with Crippen molar-refractivity contribution < 1.29 is 0 Å². The Morgan fingerprint density at radius 3 is 1.76 bits per heavy atom. The van der Waals surface area contributed by atoms with Crippen LogP contribution >= 0.6 is 0 Å². The van der Waals surface area contributed by atoms with Gasteiger partial charge in [0, 0.05) is 0 Å². The Morgan fingerprint density at radius 1 is 0.706 bits per heavy atom. The van der Waals surface area contributed by atoms with E-state index >= 15 is 0 Å². The lowest BCUT2D eigenvalue weighted by Crippen LogP contribution is -2.21. The molecular formula is C16H18Si. The molecular weight excluding hydrogens is 220 g/mol. The van der Waals surface area contributed by atoms with Crippen molar-refractivity contribution in [2.75, 3.05) is 0 Å². The Balaban J connectivity index is 2.12. The van der Waals surface area contributed by atoms with Gasteiger partial charge in [0.1, 0.15) is 0 Å². The molecule has 86 valence electrons. The minimum atomic E-state index is -0.653. The van der Waals surface area contributed by atoms with Crippen LogP contribution in [0, 0.1) is 0 Å². The highest BCUT2D eigenvalue weighted by molar-refractivity contribution is 6.70. The quantitative estimate of drug-likeness (QED) is 0.566. The summed E-state index contributed by atoms with van der Waals surface area (Å²) in [5.74, 6) is 0. The van der Waals surface area contributed by atoms with E-state index in [1.807, 2.05) is 6.07 Å². The van der Waals surface area contributed by atoms with Crippen LogP contribution in [0.25, 0.3) is 12.2 Å². The van der Waals surface area contributed by atoms with E-state index in [1.165, 1.54) is 16.3 Å². The van der Waals surface area contributed by atoms with Gasteiger partial charge in [-0.1, -0.05) is 85.0 Å². The van der Waals surface area contributed by atoms with Crippen LogP contribution in [-0.2, 0) is 0 Å². The zero-order valence-corrected chi connectivity index (χ0v) is 11.6. The highest BCUT2D eigenvalue weighted by atomic mass is 28.3. The van der Waals surface area contributed by atoms with Crippen LogP contribution in [0.2, 0.25) is 13.1 Å². The molecule has 1 heteroatoms. The van der Waals surface area contributed by atoms with Gasteiger partial charge in [0.25, 0.3) is 0 Å². The first-order valence-corrected chi connectivity index (χ1v) is 8.97. The Morgan fingerprint density at radius 2 is 1.24 bits per heavy atom. The van der Waals surface area contributed by atoms with E-state index in [0.29, 0.717) is 0 Å². The van der Waals surface area contributed by atoms with Crippen molar-refractivity contribution in [2.45, 2.75) is 13.1 Å². The molecule has 0 radical (unpaired) electrons. The van der Waals surface area contributed by atoms with Gasteiger partial charge < -0.3 is 0 Å². The molecule has 2 aromatic carbocycles. The summed E-state index contributed by atoms with van der Waals surface area (Å²) in [5.41, 5.74) is 2.52. The van der Waals surface area contributed by atoms with Gasteiger partial charge in [0.05, 0.1) is 8.80 Å². The first-order valence-electron chi connectivity index (χ1n) is 6.09. The van der Waals surface area contributed by atoms with E-state index in [0.717, 1.165) is 0 Å². The lowest BCUT2D eigenvalue weighted by Gasteiger charge is -2.03. The van der Waals surface area contributed by atoms with Gasteiger partial charge in [-0.2, -0.15) is 0 Å².